The molecule has 0 saturated carbocycles. The Hall–Kier alpha value is -0.460. The summed E-state index contributed by atoms with van der Waals surface area (Å²) < 4.78 is 0. The maximum atomic E-state index is 12.6. The van der Waals surface area contributed by atoms with E-state index in [1.165, 1.54) is 6.92 Å². The summed E-state index contributed by atoms with van der Waals surface area (Å²) in [5.41, 5.74) is 5.47. The molecule has 0 aromatic carbocycles. The van der Waals surface area contributed by atoms with E-state index >= 15 is 0 Å². The first-order valence-electron chi connectivity index (χ1n) is 7.98. The number of rotatable bonds is 9. The molecular formula is C15H28ClN3O2S. The van der Waals surface area contributed by atoms with E-state index in [1.54, 1.807) is 11.8 Å². The summed E-state index contributed by atoms with van der Waals surface area (Å²) in [4.78, 5) is 25.8. The molecule has 2 amide bonds. The third-order valence-corrected chi connectivity index (χ3v) is 5.26. The Labute approximate surface area is 142 Å². The van der Waals surface area contributed by atoms with Gasteiger partial charge in [0, 0.05) is 31.6 Å². The molecule has 0 bridgehead atoms. The molecule has 0 radical (unpaired) electrons. The van der Waals surface area contributed by atoms with Crippen LogP contribution in [0.5, 0.6) is 0 Å². The smallest absolute Gasteiger partial charge is 0.246 e. The van der Waals surface area contributed by atoms with Crippen molar-refractivity contribution in [2.24, 2.45) is 11.7 Å². The van der Waals surface area contributed by atoms with Crippen molar-refractivity contribution in [1.29, 1.82) is 0 Å². The van der Waals surface area contributed by atoms with E-state index in [4.69, 9.17) is 17.3 Å². The van der Waals surface area contributed by atoms with Gasteiger partial charge in [0.25, 0.3) is 0 Å². The molecule has 1 saturated heterocycles. The van der Waals surface area contributed by atoms with Crippen molar-refractivity contribution in [3.8, 4) is 0 Å². The molecule has 7 heteroatoms. The molecule has 128 valence electrons. The predicted molar refractivity (Wildman–Crippen MR) is 93.2 cm³/mol. The van der Waals surface area contributed by atoms with E-state index in [0.29, 0.717) is 24.1 Å². The fraction of sp³-hybridized carbons (Fsp3) is 0.867. The summed E-state index contributed by atoms with van der Waals surface area (Å²) in [6.45, 7) is 3.64. The van der Waals surface area contributed by atoms with Gasteiger partial charge in [-0.15, -0.1) is 11.6 Å². The molecule has 0 aromatic rings. The molecule has 0 aromatic heterocycles. The van der Waals surface area contributed by atoms with E-state index in [9.17, 15) is 9.59 Å². The second kappa shape index (κ2) is 11.1. The third-order valence-electron chi connectivity index (χ3n) is 3.90. The number of nitrogens with two attached hydrogens (primary N) is 1. The van der Waals surface area contributed by atoms with Crippen LogP contribution in [0.3, 0.4) is 0 Å². The number of alkyl halides is 1. The van der Waals surface area contributed by atoms with E-state index in [0.717, 1.165) is 44.5 Å². The highest BCUT2D eigenvalue weighted by Crippen LogP contribution is 2.21. The van der Waals surface area contributed by atoms with Crippen molar-refractivity contribution in [1.82, 2.24) is 10.2 Å². The first-order valence-corrected chi connectivity index (χ1v) is 9.67. The van der Waals surface area contributed by atoms with Crippen LogP contribution < -0.4 is 11.1 Å². The Morgan fingerprint density at radius 2 is 2.09 bits per heavy atom. The number of hydrogen-bond donors (Lipinski definition) is 2. The Morgan fingerprint density at radius 3 is 2.64 bits per heavy atom. The molecule has 1 aliphatic heterocycles. The molecule has 1 heterocycles. The SMILES string of the molecule is CC(=O)N[C@@H](CSCCCN)C(=O)N1CCC(CCCl)CC1. The number of piperidine rings is 1. The fourth-order valence-corrected chi connectivity index (χ4v) is 3.93. The molecule has 1 atom stereocenters. The number of nitrogens with one attached hydrogen (secondary N) is 1. The number of halogens is 1. The standard InChI is InChI=1S/C15H28ClN3O2S/c1-12(20)18-14(11-22-10-2-7-17)15(21)19-8-4-13(3-6-16)5-9-19/h13-14H,2-11,17H2,1H3,(H,18,20)/t14-/m0/s1. The number of amides is 2. The highest BCUT2D eigenvalue weighted by atomic mass is 35.5. The second-order valence-corrected chi connectivity index (χ2v) is 7.24. The van der Waals surface area contributed by atoms with Gasteiger partial charge in [-0.1, -0.05) is 0 Å². The van der Waals surface area contributed by atoms with Crippen molar-refractivity contribution in [2.45, 2.75) is 38.6 Å². The van der Waals surface area contributed by atoms with Gasteiger partial charge in [-0.2, -0.15) is 11.8 Å². The molecule has 1 aliphatic rings. The fourth-order valence-electron chi connectivity index (χ4n) is 2.62. The van der Waals surface area contributed by atoms with Crippen LogP contribution in [0.2, 0.25) is 0 Å². The number of thioether (sulfide) groups is 1. The zero-order valence-corrected chi connectivity index (χ0v) is 14.9. The van der Waals surface area contributed by atoms with Gasteiger partial charge < -0.3 is 16.0 Å². The van der Waals surface area contributed by atoms with E-state index in [2.05, 4.69) is 5.32 Å². The third kappa shape index (κ3) is 7.20. The predicted octanol–water partition coefficient (Wildman–Crippen LogP) is 1.44. The normalized spacial score (nSPS) is 17.3. The van der Waals surface area contributed by atoms with Crippen LogP contribution in [0.1, 0.15) is 32.6 Å². The van der Waals surface area contributed by atoms with Gasteiger partial charge in [-0.3, -0.25) is 9.59 Å². The maximum absolute atomic E-state index is 12.6. The van der Waals surface area contributed by atoms with Gasteiger partial charge in [-0.05, 0) is 43.9 Å². The summed E-state index contributed by atoms with van der Waals surface area (Å²) in [7, 11) is 0. The molecule has 1 rings (SSSR count). The minimum Gasteiger partial charge on any atom is -0.344 e. The van der Waals surface area contributed by atoms with Gasteiger partial charge in [-0.25, -0.2) is 0 Å². The van der Waals surface area contributed by atoms with Gasteiger partial charge in [0.05, 0.1) is 0 Å². The van der Waals surface area contributed by atoms with Crippen molar-refractivity contribution in [3.05, 3.63) is 0 Å². The van der Waals surface area contributed by atoms with Crippen molar-refractivity contribution < 1.29 is 9.59 Å². The molecule has 0 aliphatic carbocycles. The summed E-state index contributed by atoms with van der Waals surface area (Å²) >= 11 is 7.45. The van der Waals surface area contributed by atoms with Gasteiger partial charge >= 0.3 is 0 Å². The van der Waals surface area contributed by atoms with Gasteiger partial charge in [0.2, 0.25) is 11.8 Å². The summed E-state index contributed by atoms with van der Waals surface area (Å²) in [6.07, 6.45) is 3.96. The summed E-state index contributed by atoms with van der Waals surface area (Å²) in [6, 6.07) is -0.426. The molecule has 0 spiro atoms. The monoisotopic (exact) mass is 349 g/mol. The Morgan fingerprint density at radius 1 is 1.41 bits per heavy atom. The maximum Gasteiger partial charge on any atom is 0.246 e. The first kappa shape index (κ1) is 19.6. The molecule has 22 heavy (non-hydrogen) atoms. The first-order chi connectivity index (χ1) is 10.6. The summed E-state index contributed by atoms with van der Waals surface area (Å²) in [5, 5.41) is 2.79. The number of hydrogen-bond acceptors (Lipinski definition) is 4. The molecule has 1 fully saturated rings. The van der Waals surface area contributed by atoms with Gasteiger partial charge in [0.1, 0.15) is 6.04 Å². The Balaban J connectivity index is 2.46. The quantitative estimate of drug-likeness (QED) is 0.488. The largest absolute Gasteiger partial charge is 0.344 e. The van der Waals surface area contributed by atoms with Crippen molar-refractivity contribution in [3.63, 3.8) is 0 Å². The van der Waals surface area contributed by atoms with Crippen molar-refractivity contribution in [2.75, 3.05) is 37.0 Å². The summed E-state index contributed by atoms with van der Waals surface area (Å²) in [5.74, 6) is 2.72. The second-order valence-electron chi connectivity index (χ2n) is 5.72. The zero-order valence-electron chi connectivity index (χ0n) is 13.4. The Bertz CT molecular complexity index is 350. The average molecular weight is 350 g/mol. The molecule has 5 nitrogen and oxygen atoms in total. The minimum atomic E-state index is -0.426. The van der Waals surface area contributed by atoms with Crippen LogP contribution >= 0.6 is 23.4 Å². The van der Waals surface area contributed by atoms with Crippen LogP contribution in [-0.4, -0.2) is 59.8 Å². The molecular weight excluding hydrogens is 322 g/mol. The van der Waals surface area contributed by atoms with E-state index in [-0.39, 0.29) is 11.8 Å². The lowest BCUT2D eigenvalue weighted by molar-refractivity contribution is -0.136. The lowest BCUT2D eigenvalue weighted by atomic mass is 9.94. The number of likely N-dealkylation sites (tertiary alicyclic amines) is 1. The zero-order chi connectivity index (χ0) is 16.4. The van der Waals surface area contributed by atoms with Crippen LogP contribution in [0.25, 0.3) is 0 Å². The number of carbonyl (C=O) groups is 2. The molecule has 3 N–H and O–H groups in total. The van der Waals surface area contributed by atoms with Crippen LogP contribution in [-0.2, 0) is 9.59 Å². The lowest BCUT2D eigenvalue weighted by Gasteiger charge is -2.34. The molecule has 0 unspecified atom stereocenters. The van der Waals surface area contributed by atoms with Crippen LogP contribution in [0.15, 0.2) is 0 Å². The average Bonchev–Trinajstić information content (AvgIpc) is 2.50. The highest BCUT2D eigenvalue weighted by molar-refractivity contribution is 7.99. The van der Waals surface area contributed by atoms with Gasteiger partial charge in [0.15, 0.2) is 0 Å². The number of carbonyl (C=O) groups excluding carboxylic acids is 2. The van der Waals surface area contributed by atoms with Crippen LogP contribution in [0, 0.1) is 5.92 Å². The van der Waals surface area contributed by atoms with E-state index < -0.39 is 6.04 Å². The number of nitrogens with zero attached hydrogens (tertiary/aromatic N) is 1. The highest BCUT2D eigenvalue weighted by Gasteiger charge is 2.28. The van der Waals surface area contributed by atoms with Crippen LogP contribution in [0.4, 0.5) is 0 Å². The topological polar surface area (TPSA) is 75.4 Å². The van der Waals surface area contributed by atoms with Crippen molar-refractivity contribution >= 4 is 35.2 Å². The Kier molecular flexibility index (Phi) is 9.91. The minimum absolute atomic E-state index is 0.0415. The lowest BCUT2D eigenvalue weighted by Crippen LogP contribution is -2.51. The van der Waals surface area contributed by atoms with E-state index in [1.807, 2.05) is 4.90 Å².